The first-order valence-electron chi connectivity index (χ1n) is 6.27. The van der Waals surface area contributed by atoms with Gasteiger partial charge in [0.25, 0.3) is 0 Å². The monoisotopic (exact) mass is 221 g/mol. The summed E-state index contributed by atoms with van der Waals surface area (Å²) in [5, 5.41) is 12.7. The third kappa shape index (κ3) is 4.77. The number of aliphatic hydroxyl groups excluding tert-OH is 1. The first-order valence-corrected chi connectivity index (χ1v) is 6.27. The van der Waals surface area contributed by atoms with E-state index in [2.05, 4.69) is 24.4 Å². The molecule has 0 aliphatic carbocycles. The zero-order valence-corrected chi connectivity index (χ0v) is 10.2. The SMILES string of the molecule is CCCCCCN[C@H](CO)c1ccccc1. The van der Waals surface area contributed by atoms with E-state index in [1.807, 2.05) is 18.2 Å². The predicted octanol–water partition coefficient (Wildman–Crippen LogP) is 2.89. The fourth-order valence-corrected chi connectivity index (χ4v) is 1.80. The second-order valence-corrected chi connectivity index (χ2v) is 4.16. The minimum Gasteiger partial charge on any atom is -0.394 e. The Morgan fingerprint density at radius 1 is 1.12 bits per heavy atom. The lowest BCUT2D eigenvalue weighted by Crippen LogP contribution is -2.25. The van der Waals surface area contributed by atoms with Crippen LogP contribution in [0.2, 0.25) is 0 Å². The van der Waals surface area contributed by atoms with E-state index >= 15 is 0 Å². The fraction of sp³-hybridized carbons (Fsp3) is 0.571. The third-order valence-corrected chi connectivity index (χ3v) is 2.81. The first-order chi connectivity index (χ1) is 7.88. The molecule has 0 unspecified atom stereocenters. The molecule has 1 rings (SSSR count). The molecule has 0 radical (unpaired) electrons. The summed E-state index contributed by atoms with van der Waals surface area (Å²) in [5.74, 6) is 0. The topological polar surface area (TPSA) is 32.3 Å². The number of aliphatic hydroxyl groups is 1. The molecular formula is C14H23NO. The van der Waals surface area contributed by atoms with Gasteiger partial charge in [0.05, 0.1) is 12.6 Å². The van der Waals surface area contributed by atoms with E-state index in [1.165, 1.54) is 31.2 Å². The summed E-state index contributed by atoms with van der Waals surface area (Å²) >= 11 is 0. The summed E-state index contributed by atoms with van der Waals surface area (Å²) in [7, 11) is 0. The summed E-state index contributed by atoms with van der Waals surface area (Å²) in [4.78, 5) is 0. The second-order valence-electron chi connectivity index (χ2n) is 4.16. The summed E-state index contributed by atoms with van der Waals surface area (Å²) in [5.41, 5.74) is 1.17. The van der Waals surface area contributed by atoms with Crippen LogP contribution in [0.25, 0.3) is 0 Å². The molecule has 1 atom stereocenters. The highest BCUT2D eigenvalue weighted by molar-refractivity contribution is 5.18. The highest BCUT2D eigenvalue weighted by Gasteiger charge is 2.07. The number of hydrogen-bond acceptors (Lipinski definition) is 2. The second kappa shape index (κ2) is 8.31. The van der Waals surface area contributed by atoms with Gasteiger partial charge in [-0.1, -0.05) is 56.5 Å². The number of hydrogen-bond donors (Lipinski definition) is 2. The van der Waals surface area contributed by atoms with E-state index in [0.29, 0.717) is 0 Å². The van der Waals surface area contributed by atoms with Crippen LogP contribution < -0.4 is 5.32 Å². The van der Waals surface area contributed by atoms with Gasteiger partial charge in [0, 0.05) is 0 Å². The number of unbranched alkanes of at least 4 members (excludes halogenated alkanes) is 3. The average Bonchev–Trinajstić information content (AvgIpc) is 2.35. The minimum absolute atomic E-state index is 0.0860. The maximum Gasteiger partial charge on any atom is 0.0626 e. The molecule has 0 heterocycles. The molecule has 0 aliphatic heterocycles. The summed E-state index contributed by atoms with van der Waals surface area (Å²) in [6, 6.07) is 10.2. The number of benzene rings is 1. The lowest BCUT2D eigenvalue weighted by atomic mass is 10.1. The largest absolute Gasteiger partial charge is 0.394 e. The van der Waals surface area contributed by atoms with Gasteiger partial charge < -0.3 is 10.4 Å². The minimum atomic E-state index is 0.0860. The van der Waals surface area contributed by atoms with Crippen LogP contribution in [-0.2, 0) is 0 Å². The third-order valence-electron chi connectivity index (χ3n) is 2.81. The lowest BCUT2D eigenvalue weighted by Gasteiger charge is -2.16. The van der Waals surface area contributed by atoms with Gasteiger partial charge in [0.1, 0.15) is 0 Å². The van der Waals surface area contributed by atoms with Crippen LogP contribution in [0.1, 0.15) is 44.2 Å². The van der Waals surface area contributed by atoms with Crippen molar-refractivity contribution in [3.63, 3.8) is 0 Å². The molecule has 0 saturated heterocycles. The predicted molar refractivity (Wildman–Crippen MR) is 68.4 cm³/mol. The van der Waals surface area contributed by atoms with Crippen molar-refractivity contribution >= 4 is 0 Å². The molecule has 0 aliphatic rings. The molecule has 0 saturated carbocycles. The Morgan fingerprint density at radius 3 is 2.50 bits per heavy atom. The Morgan fingerprint density at radius 2 is 1.88 bits per heavy atom. The standard InChI is InChI=1S/C14H23NO/c1-2-3-4-8-11-15-14(12-16)13-9-6-5-7-10-13/h5-7,9-10,14-16H,2-4,8,11-12H2,1H3/t14-/m1/s1. The zero-order chi connectivity index (χ0) is 11.6. The van der Waals surface area contributed by atoms with E-state index < -0.39 is 0 Å². The van der Waals surface area contributed by atoms with Crippen LogP contribution in [0, 0.1) is 0 Å². The highest BCUT2D eigenvalue weighted by Crippen LogP contribution is 2.11. The molecular weight excluding hydrogens is 198 g/mol. The number of rotatable bonds is 8. The smallest absolute Gasteiger partial charge is 0.0626 e. The van der Waals surface area contributed by atoms with Gasteiger partial charge in [0.15, 0.2) is 0 Å². The molecule has 0 bridgehead atoms. The molecule has 1 aromatic carbocycles. The van der Waals surface area contributed by atoms with Gasteiger partial charge in [-0.15, -0.1) is 0 Å². The fourth-order valence-electron chi connectivity index (χ4n) is 1.80. The van der Waals surface area contributed by atoms with E-state index in [0.717, 1.165) is 6.54 Å². The Balaban J connectivity index is 2.27. The van der Waals surface area contributed by atoms with Crippen LogP contribution in [0.4, 0.5) is 0 Å². The van der Waals surface area contributed by atoms with Crippen molar-refractivity contribution in [3.8, 4) is 0 Å². The molecule has 90 valence electrons. The lowest BCUT2D eigenvalue weighted by molar-refractivity contribution is 0.244. The van der Waals surface area contributed by atoms with E-state index in [4.69, 9.17) is 0 Å². The maximum atomic E-state index is 9.32. The summed E-state index contributed by atoms with van der Waals surface area (Å²) < 4.78 is 0. The van der Waals surface area contributed by atoms with Crippen molar-refractivity contribution in [1.82, 2.24) is 5.32 Å². The van der Waals surface area contributed by atoms with Crippen LogP contribution in [0.15, 0.2) is 30.3 Å². The maximum absolute atomic E-state index is 9.32. The Kier molecular flexibility index (Phi) is 6.86. The Hall–Kier alpha value is -0.860. The first kappa shape index (κ1) is 13.2. The van der Waals surface area contributed by atoms with Crippen LogP contribution in [0.5, 0.6) is 0 Å². The van der Waals surface area contributed by atoms with Crippen LogP contribution >= 0.6 is 0 Å². The van der Waals surface area contributed by atoms with Gasteiger partial charge in [-0.05, 0) is 18.5 Å². The highest BCUT2D eigenvalue weighted by atomic mass is 16.3. The zero-order valence-electron chi connectivity index (χ0n) is 10.2. The van der Waals surface area contributed by atoms with Crippen molar-refractivity contribution < 1.29 is 5.11 Å². The number of nitrogens with one attached hydrogen (secondary N) is 1. The van der Waals surface area contributed by atoms with Crippen LogP contribution in [-0.4, -0.2) is 18.3 Å². The molecule has 0 spiro atoms. The average molecular weight is 221 g/mol. The molecule has 2 N–H and O–H groups in total. The Bertz CT molecular complexity index is 261. The molecule has 0 aromatic heterocycles. The molecule has 0 fully saturated rings. The van der Waals surface area contributed by atoms with Crippen molar-refractivity contribution in [2.75, 3.05) is 13.2 Å². The molecule has 0 amide bonds. The normalized spacial score (nSPS) is 12.6. The molecule has 2 heteroatoms. The summed E-state index contributed by atoms with van der Waals surface area (Å²) in [6.45, 7) is 3.37. The molecule has 16 heavy (non-hydrogen) atoms. The van der Waals surface area contributed by atoms with Gasteiger partial charge in [-0.25, -0.2) is 0 Å². The van der Waals surface area contributed by atoms with Gasteiger partial charge in [-0.2, -0.15) is 0 Å². The van der Waals surface area contributed by atoms with Crippen molar-refractivity contribution in [2.24, 2.45) is 0 Å². The van der Waals surface area contributed by atoms with Crippen molar-refractivity contribution in [2.45, 2.75) is 38.6 Å². The van der Waals surface area contributed by atoms with Gasteiger partial charge in [-0.3, -0.25) is 0 Å². The van der Waals surface area contributed by atoms with E-state index in [-0.39, 0.29) is 12.6 Å². The molecule has 2 nitrogen and oxygen atoms in total. The van der Waals surface area contributed by atoms with Crippen molar-refractivity contribution in [3.05, 3.63) is 35.9 Å². The van der Waals surface area contributed by atoms with E-state index in [1.54, 1.807) is 0 Å². The van der Waals surface area contributed by atoms with Gasteiger partial charge in [0.2, 0.25) is 0 Å². The Labute approximate surface area is 98.7 Å². The van der Waals surface area contributed by atoms with E-state index in [9.17, 15) is 5.11 Å². The quantitative estimate of drug-likeness (QED) is 0.662. The summed E-state index contributed by atoms with van der Waals surface area (Å²) in [6.07, 6.45) is 5.03. The van der Waals surface area contributed by atoms with Crippen molar-refractivity contribution in [1.29, 1.82) is 0 Å². The van der Waals surface area contributed by atoms with Gasteiger partial charge >= 0.3 is 0 Å². The molecule has 1 aromatic rings. The van der Waals surface area contributed by atoms with Crippen LogP contribution in [0.3, 0.4) is 0 Å².